The first-order chi connectivity index (χ1) is 13.1. The average Bonchev–Trinajstić information content (AvgIpc) is 3.09. The first-order valence-electron chi connectivity index (χ1n) is 8.29. The molecule has 10 heteroatoms. The molecule has 0 saturated carbocycles. The van der Waals surface area contributed by atoms with Crippen LogP contribution in [0.5, 0.6) is 0 Å². The van der Waals surface area contributed by atoms with E-state index in [1.165, 1.54) is 32.4 Å². The highest BCUT2D eigenvalue weighted by Gasteiger charge is 2.32. The highest BCUT2D eigenvalue weighted by molar-refractivity contribution is 5.98. The van der Waals surface area contributed by atoms with Gasteiger partial charge in [-0.05, 0) is 30.7 Å². The van der Waals surface area contributed by atoms with E-state index in [9.17, 15) is 27.9 Å². The zero-order chi connectivity index (χ0) is 20.6. The predicted octanol–water partition coefficient (Wildman–Crippen LogP) is 2.06. The third kappa shape index (κ3) is 3.77. The van der Waals surface area contributed by atoms with E-state index in [1.54, 1.807) is 0 Å². The SMILES string of the molecule is C[C@H](O)CNC(=O)c1cc(-c2cc(C(F)(F)F)cc3[nH]ncc23)c(=O)n(C)c1. The maximum absolute atomic E-state index is 13.3. The molecule has 2 aromatic heterocycles. The minimum Gasteiger partial charge on any atom is -0.392 e. The molecule has 0 radical (unpaired) electrons. The number of amides is 1. The zero-order valence-corrected chi connectivity index (χ0v) is 15.0. The molecular formula is C18H17F3N4O3. The third-order valence-corrected chi connectivity index (χ3v) is 4.18. The molecule has 0 fully saturated rings. The molecule has 0 unspecified atom stereocenters. The number of pyridine rings is 1. The lowest BCUT2D eigenvalue weighted by Crippen LogP contribution is -2.32. The number of benzene rings is 1. The molecule has 3 rings (SSSR count). The van der Waals surface area contributed by atoms with Crippen LogP contribution in [-0.2, 0) is 13.2 Å². The molecule has 0 saturated heterocycles. The Balaban J connectivity index is 2.20. The van der Waals surface area contributed by atoms with Crippen molar-refractivity contribution in [2.24, 2.45) is 7.05 Å². The smallest absolute Gasteiger partial charge is 0.392 e. The van der Waals surface area contributed by atoms with Crippen LogP contribution in [0, 0.1) is 0 Å². The van der Waals surface area contributed by atoms with Gasteiger partial charge in [0.25, 0.3) is 11.5 Å². The summed E-state index contributed by atoms with van der Waals surface area (Å²) in [6, 6.07) is 3.02. The van der Waals surface area contributed by atoms with Crippen molar-refractivity contribution in [3.8, 4) is 11.1 Å². The Bertz CT molecular complexity index is 1100. The zero-order valence-electron chi connectivity index (χ0n) is 15.0. The van der Waals surface area contributed by atoms with E-state index in [4.69, 9.17) is 0 Å². The second-order valence-corrected chi connectivity index (χ2v) is 6.47. The Kier molecular flexibility index (Phi) is 4.99. The van der Waals surface area contributed by atoms with Gasteiger partial charge in [0.15, 0.2) is 0 Å². The minimum atomic E-state index is -4.62. The lowest BCUT2D eigenvalue weighted by Gasteiger charge is -2.13. The van der Waals surface area contributed by atoms with Gasteiger partial charge in [-0.3, -0.25) is 14.7 Å². The van der Waals surface area contributed by atoms with Gasteiger partial charge in [-0.1, -0.05) is 0 Å². The summed E-state index contributed by atoms with van der Waals surface area (Å²) in [7, 11) is 1.40. The fraction of sp³-hybridized carbons (Fsp3) is 0.278. The van der Waals surface area contributed by atoms with Crippen molar-refractivity contribution < 1.29 is 23.1 Å². The molecule has 1 aromatic carbocycles. The van der Waals surface area contributed by atoms with Gasteiger partial charge in [0.05, 0.1) is 28.9 Å². The fourth-order valence-corrected chi connectivity index (χ4v) is 2.81. The van der Waals surface area contributed by atoms with Gasteiger partial charge in [-0.25, -0.2) is 0 Å². The maximum Gasteiger partial charge on any atom is 0.416 e. The van der Waals surface area contributed by atoms with E-state index in [-0.39, 0.29) is 28.8 Å². The van der Waals surface area contributed by atoms with Gasteiger partial charge in [0.2, 0.25) is 0 Å². The molecule has 0 aliphatic carbocycles. The fourth-order valence-electron chi connectivity index (χ4n) is 2.81. The number of hydrogen-bond acceptors (Lipinski definition) is 4. The van der Waals surface area contributed by atoms with E-state index in [1.807, 2.05) is 0 Å². The van der Waals surface area contributed by atoms with Crippen LogP contribution in [0.1, 0.15) is 22.8 Å². The molecule has 3 aromatic rings. The van der Waals surface area contributed by atoms with Crippen LogP contribution >= 0.6 is 0 Å². The molecule has 0 aliphatic rings. The Hall–Kier alpha value is -3.14. The van der Waals surface area contributed by atoms with Crippen LogP contribution in [0.2, 0.25) is 0 Å². The van der Waals surface area contributed by atoms with E-state index >= 15 is 0 Å². The molecule has 1 amide bonds. The summed E-state index contributed by atoms with van der Waals surface area (Å²) in [6.07, 6.45) is -2.79. The van der Waals surface area contributed by atoms with Crippen LogP contribution in [0.15, 0.2) is 35.4 Å². The number of nitrogens with one attached hydrogen (secondary N) is 2. The third-order valence-electron chi connectivity index (χ3n) is 4.18. The van der Waals surface area contributed by atoms with Gasteiger partial charge in [-0.15, -0.1) is 0 Å². The number of H-pyrrole nitrogens is 1. The summed E-state index contributed by atoms with van der Waals surface area (Å²) in [5.41, 5.74) is -1.35. The summed E-state index contributed by atoms with van der Waals surface area (Å²) in [5.74, 6) is -0.562. The largest absolute Gasteiger partial charge is 0.416 e. The Morgan fingerprint density at radius 2 is 2.04 bits per heavy atom. The van der Waals surface area contributed by atoms with Gasteiger partial charge < -0.3 is 15.0 Å². The van der Waals surface area contributed by atoms with Crippen molar-refractivity contribution in [3.63, 3.8) is 0 Å². The molecule has 3 N–H and O–H groups in total. The first-order valence-corrected chi connectivity index (χ1v) is 8.29. The predicted molar refractivity (Wildman–Crippen MR) is 95.8 cm³/mol. The number of aromatic amines is 1. The number of carbonyl (C=O) groups is 1. The van der Waals surface area contributed by atoms with Crippen LogP contribution in [0.3, 0.4) is 0 Å². The standard InChI is InChI=1S/C18H17F3N4O3/c1-9(26)6-22-16(27)10-3-13(17(28)25(2)8-10)12-4-11(18(19,20)21)5-15-14(12)7-23-24-15/h3-5,7-9,26H,6H2,1-2H3,(H,22,27)(H,23,24)/t9-/m0/s1. The lowest BCUT2D eigenvalue weighted by atomic mass is 9.98. The quantitative estimate of drug-likeness (QED) is 0.631. The summed E-state index contributed by atoms with van der Waals surface area (Å²) in [6.45, 7) is 1.48. The summed E-state index contributed by atoms with van der Waals surface area (Å²) in [4.78, 5) is 24.9. The van der Waals surface area contributed by atoms with E-state index in [0.717, 1.165) is 16.7 Å². The second-order valence-electron chi connectivity index (χ2n) is 6.47. The number of halogens is 3. The van der Waals surface area contributed by atoms with E-state index in [0.29, 0.717) is 5.39 Å². The number of aliphatic hydroxyl groups is 1. The Morgan fingerprint density at radius 3 is 2.68 bits per heavy atom. The van der Waals surface area contributed by atoms with Crippen molar-refractivity contribution in [2.45, 2.75) is 19.2 Å². The molecule has 7 nitrogen and oxygen atoms in total. The number of carbonyl (C=O) groups excluding carboxylic acids is 1. The number of nitrogens with zero attached hydrogens (tertiary/aromatic N) is 2. The van der Waals surface area contributed by atoms with Crippen LogP contribution in [0.25, 0.3) is 22.0 Å². The highest BCUT2D eigenvalue weighted by Crippen LogP contribution is 2.35. The maximum atomic E-state index is 13.3. The van der Waals surface area contributed by atoms with Gasteiger partial charge >= 0.3 is 6.18 Å². The molecule has 0 spiro atoms. The van der Waals surface area contributed by atoms with Crippen molar-refractivity contribution >= 4 is 16.8 Å². The van der Waals surface area contributed by atoms with Crippen LogP contribution < -0.4 is 10.9 Å². The number of alkyl halides is 3. The number of aryl methyl sites for hydroxylation is 1. The number of fused-ring (bicyclic) bond motifs is 1. The molecule has 148 valence electrons. The molecule has 0 bridgehead atoms. The minimum absolute atomic E-state index is 0.00740. The van der Waals surface area contributed by atoms with Crippen LogP contribution in [-0.4, -0.2) is 38.4 Å². The average molecular weight is 394 g/mol. The molecule has 2 heterocycles. The van der Waals surface area contributed by atoms with Gasteiger partial charge in [0.1, 0.15) is 0 Å². The van der Waals surface area contributed by atoms with E-state index in [2.05, 4.69) is 15.5 Å². The van der Waals surface area contributed by atoms with E-state index < -0.39 is 29.3 Å². The molecule has 28 heavy (non-hydrogen) atoms. The summed E-state index contributed by atoms with van der Waals surface area (Å²) in [5, 5.41) is 18.3. The Labute approximate surface area is 156 Å². The van der Waals surface area contributed by atoms with Gasteiger partial charge in [-0.2, -0.15) is 18.3 Å². The monoisotopic (exact) mass is 394 g/mol. The van der Waals surface area contributed by atoms with Crippen molar-refractivity contribution in [1.82, 2.24) is 20.1 Å². The van der Waals surface area contributed by atoms with Crippen molar-refractivity contribution in [2.75, 3.05) is 6.54 Å². The second kappa shape index (κ2) is 7.12. The number of aliphatic hydroxyl groups excluding tert-OH is 1. The van der Waals surface area contributed by atoms with Crippen molar-refractivity contribution in [3.05, 3.63) is 52.1 Å². The topological polar surface area (TPSA) is 100 Å². The molecule has 0 aliphatic heterocycles. The summed E-state index contributed by atoms with van der Waals surface area (Å²) < 4.78 is 41.0. The van der Waals surface area contributed by atoms with Crippen molar-refractivity contribution in [1.29, 1.82) is 0 Å². The van der Waals surface area contributed by atoms with Gasteiger partial charge in [0, 0.05) is 30.7 Å². The summed E-state index contributed by atoms with van der Waals surface area (Å²) >= 11 is 0. The number of rotatable bonds is 4. The lowest BCUT2D eigenvalue weighted by molar-refractivity contribution is -0.137. The molecular weight excluding hydrogens is 377 g/mol. The first kappa shape index (κ1) is 19.6. The van der Waals surface area contributed by atoms with Crippen LogP contribution in [0.4, 0.5) is 13.2 Å². The Morgan fingerprint density at radius 1 is 1.32 bits per heavy atom. The highest BCUT2D eigenvalue weighted by atomic mass is 19.4. The number of aromatic nitrogens is 3. The normalized spacial score (nSPS) is 12.9. The number of hydrogen-bond donors (Lipinski definition) is 3. The molecule has 1 atom stereocenters.